The molecule has 1 aromatic heterocycles. The molecule has 2 rings (SSSR count). The molecule has 0 spiro atoms. The summed E-state index contributed by atoms with van der Waals surface area (Å²) in [4.78, 5) is 10.6. The molecule has 0 atom stereocenters. The number of carbonyl (C=O) groups is 1. The number of nitrogens with zero attached hydrogens (tertiary/aromatic N) is 2. The summed E-state index contributed by atoms with van der Waals surface area (Å²) in [5.41, 5.74) is 1.69. The average molecular weight is 264 g/mol. The molecule has 0 aliphatic heterocycles. The first-order valence-corrected chi connectivity index (χ1v) is 5.96. The number of allylic oxidation sites excluding steroid dienone is 2. The zero-order chi connectivity index (χ0) is 14.4. The molecule has 1 aromatic carbocycles. The van der Waals surface area contributed by atoms with Gasteiger partial charge >= 0.3 is 5.97 Å². The lowest BCUT2D eigenvalue weighted by Crippen LogP contribution is -1.96. The van der Waals surface area contributed by atoms with Crippen LogP contribution in [0.2, 0.25) is 0 Å². The van der Waals surface area contributed by atoms with E-state index in [9.17, 15) is 4.79 Å². The van der Waals surface area contributed by atoms with Crippen LogP contribution < -0.4 is 0 Å². The SMILES string of the molecule is N#CC(=CC=Cc1ccc(-n2cccc2)cc1)C(=O)O. The van der Waals surface area contributed by atoms with Crippen LogP contribution in [0.3, 0.4) is 0 Å². The van der Waals surface area contributed by atoms with Crippen LogP contribution in [0.1, 0.15) is 5.56 Å². The van der Waals surface area contributed by atoms with Crippen LogP contribution in [-0.4, -0.2) is 15.6 Å². The van der Waals surface area contributed by atoms with Crippen molar-refractivity contribution in [3.63, 3.8) is 0 Å². The number of rotatable bonds is 4. The highest BCUT2D eigenvalue weighted by Crippen LogP contribution is 2.11. The van der Waals surface area contributed by atoms with Gasteiger partial charge < -0.3 is 9.67 Å². The molecule has 0 unspecified atom stereocenters. The first kappa shape index (κ1) is 13.4. The fourth-order valence-electron chi connectivity index (χ4n) is 1.68. The van der Waals surface area contributed by atoms with Crippen molar-refractivity contribution in [3.8, 4) is 11.8 Å². The van der Waals surface area contributed by atoms with Crippen LogP contribution in [-0.2, 0) is 4.79 Å². The zero-order valence-corrected chi connectivity index (χ0v) is 10.6. The average Bonchev–Trinajstić information content (AvgIpc) is 2.98. The summed E-state index contributed by atoms with van der Waals surface area (Å²) in [6, 6.07) is 13.3. The predicted molar refractivity (Wildman–Crippen MR) is 76.1 cm³/mol. The van der Waals surface area contributed by atoms with Gasteiger partial charge in [-0.15, -0.1) is 0 Å². The molecular weight excluding hydrogens is 252 g/mol. The van der Waals surface area contributed by atoms with Gasteiger partial charge in [0.05, 0.1) is 0 Å². The quantitative estimate of drug-likeness (QED) is 0.524. The van der Waals surface area contributed by atoms with Crippen LogP contribution in [0.15, 0.2) is 66.5 Å². The summed E-state index contributed by atoms with van der Waals surface area (Å²) < 4.78 is 1.99. The third-order valence-electron chi connectivity index (χ3n) is 2.70. The molecule has 20 heavy (non-hydrogen) atoms. The Bertz CT molecular complexity index is 687. The number of aliphatic carboxylic acids is 1. The lowest BCUT2D eigenvalue weighted by Gasteiger charge is -2.02. The Balaban J connectivity index is 2.12. The van der Waals surface area contributed by atoms with E-state index in [-0.39, 0.29) is 5.57 Å². The van der Waals surface area contributed by atoms with Gasteiger partial charge in [0.1, 0.15) is 11.6 Å². The molecule has 4 heteroatoms. The molecule has 0 saturated carbocycles. The van der Waals surface area contributed by atoms with E-state index in [1.165, 1.54) is 6.08 Å². The summed E-state index contributed by atoms with van der Waals surface area (Å²) in [5.74, 6) is -1.22. The highest BCUT2D eigenvalue weighted by molar-refractivity contribution is 5.91. The minimum atomic E-state index is -1.22. The molecule has 0 radical (unpaired) electrons. The topological polar surface area (TPSA) is 66.0 Å². The van der Waals surface area contributed by atoms with E-state index in [4.69, 9.17) is 10.4 Å². The Kier molecular flexibility index (Phi) is 4.15. The summed E-state index contributed by atoms with van der Waals surface area (Å²) in [6.45, 7) is 0. The highest BCUT2D eigenvalue weighted by Gasteiger charge is 2.02. The lowest BCUT2D eigenvalue weighted by atomic mass is 10.2. The van der Waals surface area contributed by atoms with Crippen molar-refractivity contribution in [1.82, 2.24) is 4.57 Å². The van der Waals surface area contributed by atoms with E-state index in [0.717, 1.165) is 11.3 Å². The molecule has 0 saturated heterocycles. The second-order valence-electron chi connectivity index (χ2n) is 4.04. The number of hydrogen-bond donors (Lipinski definition) is 1. The Morgan fingerprint density at radius 1 is 1.20 bits per heavy atom. The molecule has 0 bridgehead atoms. The maximum absolute atomic E-state index is 10.6. The standard InChI is InChI=1S/C16H12N2O2/c17-12-14(16(19)20)5-3-4-13-6-8-15(9-7-13)18-10-1-2-11-18/h1-11H,(H,19,20). The number of nitriles is 1. The minimum absolute atomic E-state index is 0.287. The van der Waals surface area contributed by atoms with Gasteiger partial charge in [-0.1, -0.05) is 24.3 Å². The molecule has 0 fully saturated rings. The van der Waals surface area contributed by atoms with E-state index in [0.29, 0.717) is 0 Å². The third kappa shape index (κ3) is 3.24. The second-order valence-corrected chi connectivity index (χ2v) is 4.04. The predicted octanol–water partition coefficient (Wildman–Crippen LogP) is 3.03. The Labute approximate surface area is 116 Å². The lowest BCUT2D eigenvalue weighted by molar-refractivity contribution is -0.132. The summed E-state index contributed by atoms with van der Waals surface area (Å²) in [6.07, 6.45) is 8.50. The molecule has 0 aliphatic rings. The molecule has 0 aliphatic carbocycles. The fraction of sp³-hybridized carbons (Fsp3) is 0. The van der Waals surface area contributed by atoms with Gasteiger partial charge in [0, 0.05) is 18.1 Å². The van der Waals surface area contributed by atoms with Crippen molar-refractivity contribution >= 4 is 12.0 Å². The number of carboxylic acids is 1. The Hall–Kier alpha value is -3.06. The van der Waals surface area contributed by atoms with Crippen molar-refractivity contribution in [2.24, 2.45) is 0 Å². The Morgan fingerprint density at radius 3 is 2.40 bits per heavy atom. The van der Waals surface area contributed by atoms with Gasteiger partial charge in [0.25, 0.3) is 0 Å². The molecule has 98 valence electrons. The van der Waals surface area contributed by atoms with Gasteiger partial charge in [-0.2, -0.15) is 5.26 Å². The molecular formula is C16H12N2O2. The summed E-state index contributed by atoms with van der Waals surface area (Å²) >= 11 is 0. The van der Waals surface area contributed by atoms with Gasteiger partial charge in [-0.3, -0.25) is 0 Å². The molecule has 0 amide bonds. The van der Waals surface area contributed by atoms with Crippen molar-refractivity contribution in [2.45, 2.75) is 0 Å². The van der Waals surface area contributed by atoms with E-state index in [1.54, 1.807) is 18.2 Å². The van der Waals surface area contributed by atoms with Crippen LogP contribution >= 0.6 is 0 Å². The van der Waals surface area contributed by atoms with Gasteiger partial charge in [-0.25, -0.2) is 4.79 Å². The van der Waals surface area contributed by atoms with Gasteiger partial charge in [0.2, 0.25) is 0 Å². The number of benzene rings is 1. The van der Waals surface area contributed by atoms with E-state index in [2.05, 4.69) is 0 Å². The van der Waals surface area contributed by atoms with Crippen molar-refractivity contribution in [1.29, 1.82) is 5.26 Å². The van der Waals surface area contributed by atoms with Crippen molar-refractivity contribution in [3.05, 3.63) is 72.1 Å². The molecule has 2 aromatic rings. The van der Waals surface area contributed by atoms with Gasteiger partial charge in [-0.05, 0) is 35.9 Å². The molecule has 1 N–H and O–H groups in total. The maximum Gasteiger partial charge on any atom is 0.346 e. The fourth-order valence-corrected chi connectivity index (χ4v) is 1.68. The van der Waals surface area contributed by atoms with Crippen LogP contribution in [0.4, 0.5) is 0 Å². The first-order valence-electron chi connectivity index (χ1n) is 5.96. The van der Waals surface area contributed by atoms with Crippen molar-refractivity contribution in [2.75, 3.05) is 0 Å². The van der Waals surface area contributed by atoms with Crippen LogP contribution in [0, 0.1) is 11.3 Å². The van der Waals surface area contributed by atoms with Crippen molar-refractivity contribution < 1.29 is 9.90 Å². The number of aromatic nitrogens is 1. The zero-order valence-electron chi connectivity index (χ0n) is 10.6. The largest absolute Gasteiger partial charge is 0.477 e. The summed E-state index contributed by atoms with van der Waals surface area (Å²) in [5, 5.41) is 17.3. The normalized spacial score (nSPS) is 11.4. The third-order valence-corrected chi connectivity index (χ3v) is 2.70. The summed E-state index contributed by atoms with van der Waals surface area (Å²) in [7, 11) is 0. The Morgan fingerprint density at radius 2 is 1.85 bits per heavy atom. The van der Waals surface area contributed by atoms with E-state index < -0.39 is 5.97 Å². The number of hydrogen-bond acceptors (Lipinski definition) is 2. The smallest absolute Gasteiger partial charge is 0.346 e. The van der Waals surface area contributed by atoms with Gasteiger partial charge in [0.15, 0.2) is 0 Å². The maximum atomic E-state index is 10.6. The second kappa shape index (κ2) is 6.21. The highest BCUT2D eigenvalue weighted by atomic mass is 16.4. The molecule has 4 nitrogen and oxygen atoms in total. The monoisotopic (exact) mass is 264 g/mol. The molecule has 1 heterocycles. The minimum Gasteiger partial charge on any atom is -0.477 e. The van der Waals surface area contributed by atoms with E-state index >= 15 is 0 Å². The number of carboxylic acid groups (broad SMARTS) is 1. The van der Waals surface area contributed by atoms with Crippen LogP contribution in [0.5, 0.6) is 0 Å². The van der Waals surface area contributed by atoms with Crippen LogP contribution in [0.25, 0.3) is 11.8 Å². The van der Waals surface area contributed by atoms with E-state index in [1.807, 2.05) is 53.4 Å². The first-order chi connectivity index (χ1) is 9.70.